The smallest absolute Gasteiger partial charge is 0.388 e. The number of ether oxygens (including phenoxy) is 1. The Morgan fingerprint density at radius 2 is 1.91 bits per heavy atom. The maximum absolute atomic E-state index is 14.3. The van der Waals surface area contributed by atoms with Crippen molar-refractivity contribution in [3.63, 3.8) is 0 Å². The third-order valence-electron chi connectivity index (χ3n) is 5.80. The molecule has 1 N–H and O–H groups in total. The molecule has 0 atom stereocenters. The Balaban J connectivity index is 1.53. The minimum atomic E-state index is -3.12. The summed E-state index contributed by atoms with van der Waals surface area (Å²) in [5.74, 6) is 0.0504. The number of phenols is 1. The summed E-state index contributed by atoms with van der Waals surface area (Å²) in [6.45, 7) is -1.49. The lowest BCUT2D eigenvalue weighted by Crippen LogP contribution is -2.09. The fourth-order valence-electron chi connectivity index (χ4n) is 4.02. The molecular formula is C24H19F3N2O3. The van der Waals surface area contributed by atoms with Crippen LogP contribution in [-0.4, -0.2) is 21.9 Å². The van der Waals surface area contributed by atoms with Gasteiger partial charge in [0.05, 0.1) is 6.20 Å². The number of phenolic OH excluding ortho intramolecular Hbond substituents is 1. The van der Waals surface area contributed by atoms with Crippen molar-refractivity contribution >= 4 is 10.9 Å². The lowest BCUT2D eigenvalue weighted by Gasteiger charge is -2.16. The molecule has 8 heteroatoms. The van der Waals surface area contributed by atoms with Gasteiger partial charge in [0.1, 0.15) is 22.8 Å². The van der Waals surface area contributed by atoms with E-state index in [-0.39, 0.29) is 29.0 Å². The molecule has 2 aromatic heterocycles. The topological polar surface area (TPSA) is 68.4 Å². The number of alkyl halides is 2. The molecule has 164 valence electrons. The van der Waals surface area contributed by atoms with Gasteiger partial charge in [-0.3, -0.25) is 0 Å². The zero-order chi connectivity index (χ0) is 22.4. The van der Waals surface area contributed by atoms with Crippen LogP contribution in [0, 0.1) is 12.7 Å². The van der Waals surface area contributed by atoms with Gasteiger partial charge >= 0.3 is 6.61 Å². The Kier molecular flexibility index (Phi) is 5.00. The van der Waals surface area contributed by atoms with Gasteiger partial charge in [-0.15, -0.1) is 0 Å². The van der Waals surface area contributed by atoms with E-state index >= 15 is 0 Å². The van der Waals surface area contributed by atoms with E-state index in [1.807, 2.05) is 24.3 Å². The van der Waals surface area contributed by atoms with Crippen LogP contribution >= 0.6 is 0 Å². The molecule has 5 nitrogen and oxygen atoms in total. The summed E-state index contributed by atoms with van der Waals surface area (Å²) < 4.78 is 50.4. The molecule has 1 saturated carbocycles. The molecule has 1 aliphatic rings. The largest absolute Gasteiger partial charge is 0.507 e. The van der Waals surface area contributed by atoms with Gasteiger partial charge in [-0.1, -0.05) is 29.4 Å². The predicted molar refractivity (Wildman–Crippen MR) is 111 cm³/mol. The van der Waals surface area contributed by atoms with Gasteiger partial charge in [0.2, 0.25) is 5.88 Å². The van der Waals surface area contributed by atoms with Crippen molar-refractivity contribution in [2.24, 2.45) is 0 Å². The number of hydrogen-bond donors (Lipinski definition) is 1. The summed E-state index contributed by atoms with van der Waals surface area (Å²) in [6, 6.07) is 9.84. The summed E-state index contributed by atoms with van der Waals surface area (Å²) in [6.07, 6.45) is 4.10. The molecule has 1 fully saturated rings. The van der Waals surface area contributed by atoms with Crippen LogP contribution in [0.1, 0.15) is 41.2 Å². The van der Waals surface area contributed by atoms with Crippen LogP contribution in [0.5, 0.6) is 11.6 Å². The lowest BCUT2D eigenvalue weighted by atomic mass is 9.96. The highest BCUT2D eigenvalue weighted by molar-refractivity contribution is 5.90. The number of aryl methyl sites for hydroxylation is 1. The van der Waals surface area contributed by atoms with Crippen LogP contribution in [0.2, 0.25) is 0 Å². The number of benzene rings is 2. The van der Waals surface area contributed by atoms with Gasteiger partial charge in [0.15, 0.2) is 0 Å². The average molecular weight is 440 g/mol. The lowest BCUT2D eigenvalue weighted by molar-refractivity contribution is -0.0532. The number of nitrogens with zero attached hydrogens (tertiary/aromatic N) is 2. The molecule has 0 spiro atoms. The van der Waals surface area contributed by atoms with Crippen LogP contribution in [0.15, 0.2) is 47.1 Å². The van der Waals surface area contributed by atoms with Crippen molar-refractivity contribution in [1.82, 2.24) is 10.1 Å². The minimum absolute atomic E-state index is 0.174. The Labute approximate surface area is 181 Å². The molecule has 0 unspecified atom stereocenters. The molecule has 0 bridgehead atoms. The van der Waals surface area contributed by atoms with Crippen LogP contribution < -0.4 is 4.74 Å². The van der Waals surface area contributed by atoms with Crippen molar-refractivity contribution in [2.45, 2.75) is 38.7 Å². The van der Waals surface area contributed by atoms with Gasteiger partial charge in [-0.05, 0) is 48.6 Å². The van der Waals surface area contributed by atoms with Crippen molar-refractivity contribution in [3.8, 4) is 22.8 Å². The number of aromatic nitrogens is 2. The summed E-state index contributed by atoms with van der Waals surface area (Å²) in [7, 11) is 0. The summed E-state index contributed by atoms with van der Waals surface area (Å²) in [5.41, 5.74) is 3.30. The maximum Gasteiger partial charge on any atom is 0.388 e. The molecule has 0 aliphatic heterocycles. The van der Waals surface area contributed by atoms with Crippen molar-refractivity contribution in [2.75, 3.05) is 0 Å². The van der Waals surface area contributed by atoms with E-state index in [2.05, 4.69) is 14.9 Å². The first-order valence-electron chi connectivity index (χ1n) is 10.2. The number of rotatable bonds is 6. The van der Waals surface area contributed by atoms with E-state index in [1.54, 1.807) is 13.1 Å². The second-order valence-corrected chi connectivity index (χ2v) is 7.94. The molecule has 2 aromatic carbocycles. The van der Waals surface area contributed by atoms with Gasteiger partial charge in [0, 0.05) is 28.9 Å². The number of pyridine rings is 1. The van der Waals surface area contributed by atoms with Crippen molar-refractivity contribution in [3.05, 3.63) is 70.9 Å². The van der Waals surface area contributed by atoms with E-state index in [0.717, 1.165) is 41.4 Å². The zero-order valence-electron chi connectivity index (χ0n) is 17.1. The fourth-order valence-corrected chi connectivity index (χ4v) is 4.02. The summed E-state index contributed by atoms with van der Waals surface area (Å²) in [5, 5.41) is 14.3. The predicted octanol–water partition coefficient (Wildman–Crippen LogP) is 6.11. The first kappa shape index (κ1) is 20.4. The minimum Gasteiger partial charge on any atom is -0.507 e. The molecule has 4 aromatic rings. The number of aromatic hydroxyl groups is 1. The molecule has 0 radical (unpaired) electrons. The molecule has 0 amide bonds. The van der Waals surface area contributed by atoms with Crippen LogP contribution in [0.4, 0.5) is 13.2 Å². The van der Waals surface area contributed by atoms with Gasteiger partial charge in [0.25, 0.3) is 0 Å². The molecule has 32 heavy (non-hydrogen) atoms. The SMILES string of the molecule is Cc1c(Cc2ccc(-c3cnoc3C3CC3)cc2)c(OC(F)F)nc2c(F)ccc(O)c12. The van der Waals surface area contributed by atoms with E-state index in [4.69, 9.17) is 4.52 Å². The number of fused-ring (bicyclic) bond motifs is 1. The second-order valence-electron chi connectivity index (χ2n) is 7.94. The Morgan fingerprint density at radius 1 is 1.16 bits per heavy atom. The molecular weight excluding hydrogens is 421 g/mol. The standard InChI is InChI=1S/C24H19F3N2O3/c1-12-16(23(31-24(26)27)29-21-18(25)8-9-19(30)20(12)21)10-13-2-4-14(5-3-13)17-11-28-32-22(17)15-6-7-15/h2-5,8-9,11,15,24,30H,6-7,10H2,1H3. The zero-order valence-corrected chi connectivity index (χ0v) is 17.1. The average Bonchev–Trinajstić information content (AvgIpc) is 3.50. The second kappa shape index (κ2) is 7.85. The van der Waals surface area contributed by atoms with E-state index < -0.39 is 12.4 Å². The van der Waals surface area contributed by atoms with Crippen molar-refractivity contribution in [1.29, 1.82) is 0 Å². The van der Waals surface area contributed by atoms with Crippen LogP contribution in [-0.2, 0) is 6.42 Å². The van der Waals surface area contributed by atoms with E-state index in [0.29, 0.717) is 17.0 Å². The van der Waals surface area contributed by atoms with Gasteiger partial charge < -0.3 is 14.4 Å². The fraction of sp³-hybridized carbons (Fsp3) is 0.250. The van der Waals surface area contributed by atoms with Crippen LogP contribution in [0.3, 0.4) is 0 Å². The number of halogens is 3. The highest BCUT2D eigenvalue weighted by atomic mass is 19.3. The number of hydrogen-bond acceptors (Lipinski definition) is 5. The van der Waals surface area contributed by atoms with Gasteiger partial charge in [-0.2, -0.15) is 8.78 Å². The third kappa shape index (κ3) is 3.66. The summed E-state index contributed by atoms with van der Waals surface area (Å²) >= 11 is 0. The summed E-state index contributed by atoms with van der Waals surface area (Å²) in [4.78, 5) is 3.97. The highest BCUT2D eigenvalue weighted by Gasteiger charge is 2.30. The van der Waals surface area contributed by atoms with Crippen LogP contribution in [0.25, 0.3) is 22.0 Å². The normalized spacial score (nSPS) is 13.8. The highest BCUT2D eigenvalue weighted by Crippen LogP contribution is 2.44. The molecule has 5 rings (SSSR count). The van der Waals surface area contributed by atoms with E-state index in [1.165, 1.54) is 6.07 Å². The third-order valence-corrected chi connectivity index (χ3v) is 5.80. The van der Waals surface area contributed by atoms with Crippen molar-refractivity contribution < 1.29 is 27.5 Å². The van der Waals surface area contributed by atoms with E-state index in [9.17, 15) is 18.3 Å². The van der Waals surface area contributed by atoms with Gasteiger partial charge in [-0.25, -0.2) is 9.37 Å². The first-order valence-corrected chi connectivity index (χ1v) is 10.2. The maximum atomic E-state index is 14.3. The monoisotopic (exact) mass is 440 g/mol. The Hall–Kier alpha value is -3.55. The molecule has 0 saturated heterocycles. The quantitative estimate of drug-likeness (QED) is 0.392. The first-order chi connectivity index (χ1) is 15.4. The Bertz CT molecular complexity index is 1300. The molecule has 1 aliphatic carbocycles. The Morgan fingerprint density at radius 3 is 2.59 bits per heavy atom. The molecule has 2 heterocycles.